The predicted octanol–water partition coefficient (Wildman–Crippen LogP) is 2.16. The summed E-state index contributed by atoms with van der Waals surface area (Å²) >= 11 is 0. The summed E-state index contributed by atoms with van der Waals surface area (Å²) in [5.74, 6) is -0.334. The minimum absolute atomic E-state index is 0.0853. The van der Waals surface area contributed by atoms with E-state index < -0.39 is 24.0 Å². The number of hydrogen-bond acceptors (Lipinski definition) is 6. The maximum Gasteiger partial charge on any atom is 0.339 e. The number of imide groups is 1. The summed E-state index contributed by atoms with van der Waals surface area (Å²) in [7, 11) is 0. The van der Waals surface area contributed by atoms with Crippen LogP contribution in [0.1, 0.15) is 49.4 Å². The molecule has 1 saturated carbocycles. The van der Waals surface area contributed by atoms with Gasteiger partial charge in [0.2, 0.25) is 0 Å². The Balaban J connectivity index is 1.49. The molecular weight excluding hydrogens is 352 g/mol. The number of amides is 3. The van der Waals surface area contributed by atoms with Gasteiger partial charge in [0.25, 0.3) is 5.91 Å². The van der Waals surface area contributed by atoms with E-state index in [-0.39, 0.29) is 11.6 Å². The highest BCUT2D eigenvalue weighted by molar-refractivity contribution is 5.98. The Morgan fingerprint density at radius 2 is 1.78 bits per heavy atom. The van der Waals surface area contributed by atoms with Crippen LogP contribution in [0.25, 0.3) is 0 Å². The van der Waals surface area contributed by atoms with Crippen LogP contribution in [0.3, 0.4) is 0 Å². The van der Waals surface area contributed by atoms with E-state index in [4.69, 9.17) is 14.2 Å². The standard InChI is InChI=1S/C19H24N2O6/c1-12(17(22)21-19(24)20-14-5-3-2-4-6-14)27-18(23)13-7-8-15-16(11-13)26-10-9-25-15/h7-8,11-12,14H,2-6,9-10H2,1H3,(H2,20,21,22,24)/t12-/m0/s1. The van der Waals surface area contributed by atoms with E-state index in [1.54, 1.807) is 6.07 Å². The average molecular weight is 376 g/mol. The number of fused-ring (bicyclic) bond motifs is 1. The van der Waals surface area contributed by atoms with E-state index in [9.17, 15) is 14.4 Å². The molecule has 2 N–H and O–H groups in total. The van der Waals surface area contributed by atoms with Crippen molar-refractivity contribution in [2.75, 3.05) is 13.2 Å². The lowest BCUT2D eigenvalue weighted by Crippen LogP contribution is -2.48. The highest BCUT2D eigenvalue weighted by Crippen LogP contribution is 2.31. The summed E-state index contributed by atoms with van der Waals surface area (Å²) in [5, 5.41) is 5.00. The minimum atomic E-state index is -1.11. The second-order valence-electron chi connectivity index (χ2n) is 6.70. The van der Waals surface area contributed by atoms with Crippen LogP contribution in [0, 0.1) is 0 Å². The number of rotatable bonds is 4. The van der Waals surface area contributed by atoms with Crippen LogP contribution in [-0.4, -0.2) is 43.3 Å². The Morgan fingerprint density at radius 1 is 1.07 bits per heavy atom. The van der Waals surface area contributed by atoms with Gasteiger partial charge in [-0.2, -0.15) is 0 Å². The molecule has 1 aliphatic carbocycles. The first-order valence-electron chi connectivity index (χ1n) is 9.25. The molecule has 3 amide bonds. The van der Waals surface area contributed by atoms with Gasteiger partial charge in [0, 0.05) is 6.04 Å². The normalized spacial score (nSPS) is 17.5. The fourth-order valence-corrected chi connectivity index (χ4v) is 3.13. The fraction of sp³-hybridized carbons (Fsp3) is 0.526. The van der Waals surface area contributed by atoms with Crippen molar-refractivity contribution in [3.05, 3.63) is 23.8 Å². The van der Waals surface area contributed by atoms with E-state index in [0.717, 1.165) is 25.7 Å². The monoisotopic (exact) mass is 376 g/mol. The molecule has 1 aromatic rings. The number of carbonyl (C=O) groups excluding carboxylic acids is 3. The van der Waals surface area contributed by atoms with Gasteiger partial charge in [0.1, 0.15) is 13.2 Å². The van der Waals surface area contributed by atoms with E-state index in [1.807, 2.05) is 0 Å². The van der Waals surface area contributed by atoms with Gasteiger partial charge >= 0.3 is 12.0 Å². The zero-order valence-corrected chi connectivity index (χ0v) is 15.3. The molecule has 1 aromatic carbocycles. The Hall–Kier alpha value is -2.77. The lowest BCUT2D eigenvalue weighted by atomic mass is 9.96. The smallest absolute Gasteiger partial charge is 0.339 e. The lowest BCUT2D eigenvalue weighted by molar-refractivity contribution is -0.127. The molecule has 1 aliphatic heterocycles. The fourth-order valence-electron chi connectivity index (χ4n) is 3.13. The van der Waals surface area contributed by atoms with Crippen molar-refractivity contribution in [1.82, 2.24) is 10.6 Å². The number of ether oxygens (including phenoxy) is 3. The van der Waals surface area contributed by atoms with Crippen molar-refractivity contribution in [2.45, 2.75) is 51.2 Å². The first-order valence-corrected chi connectivity index (χ1v) is 9.25. The quantitative estimate of drug-likeness (QED) is 0.781. The molecular formula is C19H24N2O6. The predicted molar refractivity (Wildman–Crippen MR) is 95.9 cm³/mol. The summed E-state index contributed by atoms with van der Waals surface area (Å²) in [5.41, 5.74) is 0.241. The number of benzene rings is 1. The van der Waals surface area contributed by atoms with Gasteiger partial charge in [-0.1, -0.05) is 19.3 Å². The molecule has 1 fully saturated rings. The lowest BCUT2D eigenvalue weighted by Gasteiger charge is -2.23. The van der Waals surface area contributed by atoms with Crippen molar-refractivity contribution in [3.8, 4) is 11.5 Å². The second-order valence-corrected chi connectivity index (χ2v) is 6.70. The molecule has 1 atom stereocenters. The number of hydrogen-bond donors (Lipinski definition) is 2. The number of urea groups is 1. The molecule has 8 heteroatoms. The third-order valence-electron chi connectivity index (χ3n) is 4.61. The summed E-state index contributed by atoms with van der Waals surface area (Å²) in [6.07, 6.45) is 4.03. The van der Waals surface area contributed by atoms with Crippen molar-refractivity contribution >= 4 is 17.9 Å². The van der Waals surface area contributed by atoms with Crippen LogP contribution in [0.4, 0.5) is 4.79 Å². The SMILES string of the molecule is C[C@H](OC(=O)c1ccc2c(c1)OCCO2)C(=O)NC(=O)NC1CCCCC1. The minimum Gasteiger partial charge on any atom is -0.486 e. The van der Waals surface area contributed by atoms with Gasteiger partial charge in [-0.15, -0.1) is 0 Å². The third-order valence-corrected chi connectivity index (χ3v) is 4.61. The van der Waals surface area contributed by atoms with Crippen LogP contribution in [0.15, 0.2) is 18.2 Å². The first-order chi connectivity index (χ1) is 13.0. The maximum atomic E-state index is 12.2. The van der Waals surface area contributed by atoms with Crippen LogP contribution >= 0.6 is 0 Å². The van der Waals surface area contributed by atoms with E-state index in [1.165, 1.54) is 25.5 Å². The van der Waals surface area contributed by atoms with Crippen molar-refractivity contribution < 1.29 is 28.6 Å². The zero-order chi connectivity index (χ0) is 19.2. The molecule has 8 nitrogen and oxygen atoms in total. The molecule has 146 valence electrons. The summed E-state index contributed by atoms with van der Waals surface area (Å²) in [4.78, 5) is 36.3. The average Bonchev–Trinajstić information content (AvgIpc) is 2.68. The molecule has 0 saturated heterocycles. The Bertz CT molecular complexity index is 714. The molecule has 1 heterocycles. The van der Waals surface area contributed by atoms with Crippen molar-refractivity contribution in [3.63, 3.8) is 0 Å². The molecule has 0 aromatic heterocycles. The molecule has 27 heavy (non-hydrogen) atoms. The second kappa shape index (κ2) is 8.75. The largest absolute Gasteiger partial charge is 0.486 e. The maximum absolute atomic E-state index is 12.2. The van der Waals surface area contributed by atoms with Crippen molar-refractivity contribution in [2.24, 2.45) is 0 Å². The molecule has 0 spiro atoms. The number of carbonyl (C=O) groups is 3. The topological polar surface area (TPSA) is 103 Å². The van der Waals surface area contributed by atoms with Gasteiger partial charge in [-0.3, -0.25) is 10.1 Å². The highest BCUT2D eigenvalue weighted by atomic mass is 16.6. The number of esters is 1. The molecule has 0 bridgehead atoms. The molecule has 3 rings (SSSR count). The van der Waals surface area contributed by atoms with Gasteiger partial charge < -0.3 is 19.5 Å². The Morgan fingerprint density at radius 3 is 2.52 bits per heavy atom. The van der Waals surface area contributed by atoms with E-state index >= 15 is 0 Å². The van der Waals surface area contributed by atoms with Crippen LogP contribution in [0.2, 0.25) is 0 Å². The van der Waals surface area contributed by atoms with Crippen LogP contribution in [-0.2, 0) is 9.53 Å². The summed E-state index contributed by atoms with van der Waals surface area (Å²) in [6.45, 7) is 2.27. The van der Waals surface area contributed by atoms with E-state index in [2.05, 4.69) is 10.6 Å². The van der Waals surface area contributed by atoms with Crippen LogP contribution in [0.5, 0.6) is 11.5 Å². The Kier molecular flexibility index (Phi) is 6.16. The first kappa shape index (κ1) is 19.0. The molecule has 0 unspecified atom stereocenters. The molecule has 2 aliphatic rings. The summed E-state index contributed by atoms with van der Waals surface area (Å²) < 4.78 is 16.0. The van der Waals surface area contributed by atoms with E-state index in [0.29, 0.717) is 24.7 Å². The molecule has 0 radical (unpaired) electrons. The zero-order valence-electron chi connectivity index (χ0n) is 15.3. The highest BCUT2D eigenvalue weighted by Gasteiger charge is 2.23. The van der Waals surface area contributed by atoms with Gasteiger partial charge in [0.05, 0.1) is 5.56 Å². The van der Waals surface area contributed by atoms with Crippen molar-refractivity contribution in [1.29, 1.82) is 0 Å². The van der Waals surface area contributed by atoms with Gasteiger partial charge in [0.15, 0.2) is 17.6 Å². The summed E-state index contributed by atoms with van der Waals surface area (Å²) in [6, 6.07) is 4.19. The Labute approximate surface area is 157 Å². The van der Waals surface area contributed by atoms with Gasteiger partial charge in [-0.25, -0.2) is 9.59 Å². The van der Waals surface area contributed by atoms with Crippen LogP contribution < -0.4 is 20.1 Å². The third kappa shape index (κ3) is 5.12. The van der Waals surface area contributed by atoms with Gasteiger partial charge in [-0.05, 0) is 38.0 Å². The number of nitrogens with one attached hydrogen (secondary N) is 2.